The highest BCUT2D eigenvalue weighted by molar-refractivity contribution is 6.04. The summed E-state index contributed by atoms with van der Waals surface area (Å²) < 4.78 is 44.9. The van der Waals surface area contributed by atoms with E-state index in [1.807, 2.05) is 43.9 Å². The van der Waals surface area contributed by atoms with Crippen LogP contribution in [0.15, 0.2) is 66.9 Å². The molecule has 1 N–H and O–H groups in total. The standard InChI is InChI=1S/C36H41F3N4O3/c1-24-6-5-17-43(24)22-29-20-32(40-21-31(29)27-11-13-30(14-12-27)36(37,38)39)41-34(45)28-9-7-25(8-10-28)26-15-18-42(19-16-26)23-33(44)46-35(2,3)4/h7-15,20-21,24H,5-6,16-19,22-23H2,1-4H3,(H,40,41,45)/t24-/m1/s1. The largest absolute Gasteiger partial charge is 0.459 e. The summed E-state index contributed by atoms with van der Waals surface area (Å²) in [7, 11) is 0. The Morgan fingerprint density at radius 1 is 1.00 bits per heavy atom. The Kier molecular flexibility index (Phi) is 9.98. The van der Waals surface area contributed by atoms with Gasteiger partial charge in [-0.15, -0.1) is 0 Å². The molecule has 10 heteroatoms. The number of alkyl halides is 3. The molecule has 0 radical (unpaired) electrons. The van der Waals surface area contributed by atoms with Gasteiger partial charge in [0, 0.05) is 43.0 Å². The number of amides is 1. The smallest absolute Gasteiger partial charge is 0.416 e. The number of halogens is 3. The molecule has 1 saturated heterocycles. The molecule has 2 aliphatic rings. The number of carbonyl (C=O) groups excluding carboxylic acids is 2. The minimum Gasteiger partial charge on any atom is -0.459 e. The second kappa shape index (κ2) is 13.8. The lowest BCUT2D eigenvalue weighted by atomic mass is 9.98. The number of rotatable bonds is 8. The summed E-state index contributed by atoms with van der Waals surface area (Å²) in [6.07, 6.45) is 2.27. The SMILES string of the molecule is C[C@@H]1CCCN1Cc1cc(NC(=O)c2ccc(C3=CCN(CC(=O)OC(C)(C)C)CC3)cc2)ncc1-c1ccc(C(F)(F)F)cc1. The summed E-state index contributed by atoms with van der Waals surface area (Å²) in [5.41, 5.74) is 3.72. The molecule has 7 nitrogen and oxygen atoms in total. The molecule has 0 bridgehead atoms. The van der Waals surface area contributed by atoms with Gasteiger partial charge >= 0.3 is 12.1 Å². The summed E-state index contributed by atoms with van der Waals surface area (Å²) in [6, 6.07) is 14.7. The number of nitrogens with zero attached hydrogens (tertiary/aromatic N) is 3. The van der Waals surface area contributed by atoms with Crippen molar-refractivity contribution in [1.82, 2.24) is 14.8 Å². The van der Waals surface area contributed by atoms with Crippen molar-refractivity contribution in [3.63, 3.8) is 0 Å². The van der Waals surface area contributed by atoms with Crippen LogP contribution in [0.5, 0.6) is 0 Å². The van der Waals surface area contributed by atoms with Gasteiger partial charge in [-0.05, 0) is 106 Å². The first-order valence-electron chi connectivity index (χ1n) is 15.7. The number of likely N-dealkylation sites (tertiary alicyclic amines) is 1. The summed E-state index contributed by atoms with van der Waals surface area (Å²) in [5.74, 6) is -0.157. The normalized spacial score (nSPS) is 17.9. The van der Waals surface area contributed by atoms with Gasteiger partial charge in [-0.2, -0.15) is 13.2 Å². The van der Waals surface area contributed by atoms with E-state index in [-0.39, 0.29) is 18.4 Å². The van der Waals surface area contributed by atoms with Crippen LogP contribution in [0.4, 0.5) is 19.0 Å². The Labute approximate surface area is 268 Å². The number of nitrogens with one attached hydrogen (secondary N) is 1. The van der Waals surface area contributed by atoms with Crippen molar-refractivity contribution < 1.29 is 27.5 Å². The molecule has 3 aromatic rings. The van der Waals surface area contributed by atoms with E-state index >= 15 is 0 Å². The number of anilines is 1. The third-order valence-corrected chi connectivity index (χ3v) is 8.40. The first-order chi connectivity index (χ1) is 21.7. The maximum Gasteiger partial charge on any atom is 0.416 e. The van der Waals surface area contributed by atoms with Gasteiger partial charge in [-0.3, -0.25) is 19.4 Å². The lowest BCUT2D eigenvalue weighted by Gasteiger charge is -2.27. The molecule has 5 rings (SSSR count). The van der Waals surface area contributed by atoms with Crippen molar-refractivity contribution >= 4 is 23.3 Å². The molecular weight excluding hydrogens is 593 g/mol. The first-order valence-corrected chi connectivity index (χ1v) is 15.7. The zero-order chi connectivity index (χ0) is 33.1. The van der Waals surface area contributed by atoms with E-state index in [2.05, 4.69) is 28.2 Å². The fraction of sp³-hybridized carbons (Fsp3) is 0.417. The van der Waals surface area contributed by atoms with Crippen LogP contribution in [0.2, 0.25) is 0 Å². The topological polar surface area (TPSA) is 74.8 Å². The van der Waals surface area contributed by atoms with Gasteiger partial charge in [0.15, 0.2) is 0 Å². The second-order valence-electron chi connectivity index (χ2n) is 13.1. The molecule has 0 aliphatic carbocycles. The number of carbonyl (C=O) groups is 2. The van der Waals surface area contributed by atoms with Crippen molar-refractivity contribution in [3.8, 4) is 11.1 Å². The van der Waals surface area contributed by atoms with Gasteiger partial charge in [0.25, 0.3) is 5.91 Å². The van der Waals surface area contributed by atoms with E-state index < -0.39 is 17.3 Å². The summed E-state index contributed by atoms with van der Waals surface area (Å²) >= 11 is 0. The fourth-order valence-corrected chi connectivity index (χ4v) is 5.94. The number of pyridine rings is 1. The van der Waals surface area contributed by atoms with E-state index in [1.165, 1.54) is 12.1 Å². The van der Waals surface area contributed by atoms with Crippen molar-refractivity contribution in [1.29, 1.82) is 0 Å². The summed E-state index contributed by atoms with van der Waals surface area (Å²) in [4.78, 5) is 34.2. The molecule has 46 heavy (non-hydrogen) atoms. The van der Waals surface area contributed by atoms with Crippen LogP contribution < -0.4 is 5.32 Å². The average molecular weight is 635 g/mol. The lowest BCUT2D eigenvalue weighted by molar-refractivity contribution is -0.156. The van der Waals surface area contributed by atoms with Crippen LogP contribution in [0.1, 0.15) is 74.0 Å². The molecule has 0 spiro atoms. The lowest BCUT2D eigenvalue weighted by Crippen LogP contribution is -2.37. The molecule has 1 atom stereocenters. The molecule has 2 aromatic carbocycles. The van der Waals surface area contributed by atoms with Crippen molar-refractivity contribution in [2.75, 3.05) is 31.5 Å². The monoisotopic (exact) mass is 634 g/mol. The van der Waals surface area contributed by atoms with Crippen LogP contribution in [-0.4, -0.2) is 64.5 Å². The number of hydrogen-bond acceptors (Lipinski definition) is 6. The van der Waals surface area contributed by atoms with Gasteiger partial charge < -0.3 is 10.1 Å². The molecule has 1 amide bonds. The quantitative estimate of drug-likeness (QED) is 0.260. The predicted octanol–water partition coefficient (Wildman–Crippen LogP) is 7.43. The molecular formula is C36H41F3N4O3. The van der Waals surface area contributed by atoms with Crippen molar-refractivity contribution in [2.45, 2.75) is 71.3 Å². The Balaban J connectivity index is 1.27. The van der Waals surface area contributed by atoms with E-state index in [1.54, 1.807) is 18.3 Å². The van der Waals surface area contributed by atoms with Gasteiger partial charge in [-0.1, -0.05) is 30.3 Å². The number of benzene rings is 2. The number of ether oxygens (including phenoxy) is 1. The van der Waals surface area contributed by atoms with Crippen LogP contribution in [0.25, 0.3) is 16.7 Å². The van der Waals surface area contributed by atoms with Gasteiger partial charge in [0.1, 0.15) is 11.4 Å². The van der Waals surface area contributed by atoms with Gasteiger partial charge in [-0.25, -0.2) is 4.98 Å². The third-order valence-electron chi connectivity index (χ3n) is 8.40. The van der Waals surface area contributed by atoms with E-state index in [4.69, 9.17) is 4.74 Å². The average Bonchev–Trinajstić information content (AvgIpc) is 3.40. The van der Waals surface area contributed by atoms with Crippen molar-refractivity contribution in [2.24, 2.45) is 0 Å². The molecule has 244 valence electrons. The minimum absolute atomic E-state index is 0.235. The predicted molar refractivity (Wildman–Crippen MR) is 173 cm³/mol. The molecule has 0 saturated carbocycles. The highest BCUT2D eigenvalue weighted by Crippen LogP contribution is 2.33. The number of esters is 1. The first kappa shape index (κ1) is 33.3. The Hall–Kier alpha value is -4.02. The van der Waals surface area contributed by atoms with E-state index in [0.29, 0.717) is 36.1 Å². The van der Waals surface area contributed by atoms with Gasteiger partial charge in [0.05, 0.1) is 12.1 Å². The minimum atomic E-state index is -4.41. The van der Waals surface area contributed by atoms with E-state index in [0.717, 1.165) is 66.7 Å². The molecule has 0 unspecified atom stereocenters. The zero-order valence-corrected chi connectivity index (χ0v) is 26.8. The third kappa shape index (κ3) is 8.61. The van der Waals surface area contributed by atoms with Crippen LogP contribution in [-0.2, 0) is 22.3 Å². The highest BCUT2D eigenvalue weighted by Gasteiger charge is 2.30. The van der Waals surface area contributed by atoms with E-state index in [9.17, 15) is 22.8 Å². The van der Waals surface area contributed by atoms with Crippen LogP contribution in [0.3, 0.4) is 0 Å². The van der Waals surface area contributed by atoms with Crippen molar-refractivity contribution in [3.05, 3.63) is 89.1 Å². The zero-order valence-electron chi connectivity index (χ0n) is 26.8. The highest BCUT2D eigenvalue weighted by atomic mass is 19.4. The maximum absolute atomic E-state index is 13.2. The van der Waals surface area contributed by atoms with Gasteiger partial charge in [0.2, 0.25) is 0 Å². The molecule has 1 fully saturated rings. The van der Waals surface area contributed by atoms with Crippen LogP contribution in [0, 0.1) is 0 Å². The summed E-state index contributed by atoms with van der Waals surface area (Å²) in [5, 5.41) is 2.90. The maximum atomic E-state index is 13.2. The number of aromatic nitrogens is 1. The molecule has 1 aromatic heterocycles. The van der Waals surface area contributed by atoms with Crippen LogP contribution >= 0.6 is 0 Å². The second-order valence-corrected chi connectivity index (χ2v) is 13.1. The molecule has 3 heterocycles. The number of hydrogen-bond donors (Lipinski definition) is 1. The Morgan fingerprint density at radius 2 is 1.70 bits per heavy atom. The fourth-order valence-electron chi connectivity index (χ4n) is 5.94. The molecule has 2 aliphatic heterocycles. The summed E-state index contributed by atoms with van der Waals surface area (Å²) in [6.45, 7) is 10.9. The Morgan fingerprint density at radius 3 is 2.28 bits per heavy atom. The Bertz CT molecular complexity index is 1580.